The number of carbonyl (C=O) groups is 2. The van der Waals surface area contributed by atoms with E-state index < -0.39 is 9.84 Å². The maximum absolute atomic E-state index is 13.1. The highest BCUT2D eigenvalue weighted by Crippen LogP contribution is 2.30. The standard InChI is InChI=1S/C22H30N4O4S/c1-3-9-23-21(27)17-5-4-10-25(13-17)22(28)16-6-7-20-19(12-16)24-15(2)26(20)18-8-11-31(29,30)14-18/h6-7,12,17-18H,3-5,8-11,13-14H2,1-2H3,(H,23,27)/t17-,18+/m0/s1. The molecule has 0 aliphatic carbocycles. The van der Waals surface area contributed by atoms with Crippen LogP contribution in [-0.2, 0) is 14.6 Å². The summed E-state index contributed by atoms with van der Waals surface area (Å²) in [6, 6.07) is 5.32. The highest BCUT2D eigenvalue weighted by atomic mass is 32.2. The predicted molar refractivity (Wildman–Crippen MR) is 119 cm³/mol. The van der Waals surface area contributed by atoms with Gasteiger partial charge in [-0.3, -0.25) is 9.59 Å². The van der Waals surface area contributed by atoms with Crippen LogP contribution in [0.5, 0.6) is 0 Å². The number of piperidine rings is 1. The third-order valence-electron chi connectivity index (χ3n) is 6.31. The first kappa shape index (κ1) is 21.8. The molecular weight excluding hydrogens is 416 g/mol. The van der Waals surface area contributed by atoms with E-state index in [4.69, 9.17) is 0 Å². The first-order valence-corrected chi connectivity index (χ1v) is 12.9. The molecule has 2 aromatic rings. The maximum Gasteiger partial charge on any atom is 0.253 e. The number of likely N-dealkylation sites (tertiary alicyclic amines) is 1. The molecule has 8 nitrogen and oxygen atoms in total. The van der Waals surface area contributed by atoms with E-state index in [-0.39, 0.29) is 35.3 Å². The molecule has 2 saturated heterocycles. The molecule has 2 atom stereocenters. The molecule has 2 fully saturated rings. The SMILES string of the molecule is CCCNC(=O)[C@H]1CCCN(C(=O)c2ccc3c(c2)nc(C)n3[C@@H]2CCS(=O)(=O)C2)C1. The van der Waals surface area contributed by atoms with E-state index in [1.165, 1.54) is 0 Å². The van der Waals surface area contributed by atoms with Crippen LogP contribution in [0.15, 0.2) is 18.2 Å². The lowest BCUT2D eigenvalue weighted by atomic mass is 9.96. The van der Waals surface area contributed by atoms with Crippen LogP contribution >= 0.6 is 0 Å². The number of benzene rings is 1. The fraction of sp³-hybridized carbons (Fsp3) is 0.591. The van der Waals surface area contributed by atoms with Gasteiger partial charge in [-0.2, -0.15) is 0 Å². The minimum atomic E-state index is -3.00. The molecule has 0 bridgehead atoms. The van der Waals surface area contributed by atoms with Gasteiger partial charge in [0.15, 0.2) is 9.84 Å². The van der Waals surface area contributed by atoms with Crippen LogP contribution in [0.2, 0.25) is 0 Å². The third kappa shape index (κ3) is 4.46. The van der Waals surface area contributed by atoms with E-state index in [1.54, 1.807) is 17.0 Å². The van der Waals surface area contributed by atoms with Crippen LogP contribution in [0.25, 0.3) is 11.0 Å². The number of rotatable bonds is 5. The Kier molecular flexibility index (Phi) is 6.05. The molecule has 0 unspecified atom stereocenters. The van der Waals surface area contributed by atoms with Gasteiger partial charge < -0.3 is 14.8 Å². The number of aryl methyl sites for hydroxylation is 1. The van der Waals surface area contributed by atoms with Crippen molar-refractivity contribution in [2.24, 2.45) is 5.92 Å². The first-order valence-electron chi connectivity index (χ1n) is 11.0. The molecule has 0 spiro atoms. The zero-order valence-electron chi connectivity index (χ0n) is 18.1. The van der Waals surface area contributed by atoms with E-state index >= 15 is 0 Å². The number of carbonyl (C=O) groups excluding carboxylic acids is 2. The van der Waals surface area contributed by atoms with Gasteiger partial charge in [-0.15, -0.1) is 0 Å². The Labute approximate surface area is 182 Å². The van der Waals surface area contributed by atoms with Crippen LogP contribution in [0.3, 0.4) is 0 Å². The Bertz CT molecular complexity index is 1110. The maximum atomic E-state index is 13.1. The van der Waals surface area contributed by atoms with Crippen molar-refractivity contribution < 1.29 is 18.0 Å². The summed E-state index contributed by atoms with van der Waals surface area (Å²) in [6.45, 7) is 5.62. The molecule has 9 heteroatoms. The van der Waals surface area contributed by atoms with Crippen molar-refractivity contribution in [1.29, 1.82) is 0 Å². The molecule has 1 aromatic heterocycles. The van der Waals surface area contributed by atoms with Crippen molar-refractivity contribution in [1.82, 2.24) is 19.8 Å². The van der Waals surface area contributed by atoms with E-state index in [0.717, 1.165) is 30.6 Å². The topological polar surface area (TPSA) is 101 Å². The molecule has 168 valence electrons. The second-order valence-corrected chi connectivity index (χ2v) is 10.9. The van der Waals surface area contributed by atoms with E-state index in [2.05, 4.69) is 10.3 Å². The Balaban J connectivity index is 1.53. The summed E-state index contributed by atoms with van der Waals surface area (Å²) in [5.41, 5.74) is 2.10. The number of imidazole rings is 1. The summed E-state index contributed by atoms with van der Waals surface area (Å²) in [5, 5.41) is 2.93. The minimum absolute atomic E-state index is 0.0238. The lowest BCUT2D eigenvalue weighted by Crippen LogP contribution is -2.45. The lowest BCUT2D eigenvalue weighted by molar-refractivity contribution is -0.126. The normalized spacial score (nSPS) is 23.2. The van der Waals surface area contributed by atoms with Gasteiger partial charge in [0.2, 0.25) is 5.91 Å². The van der Waals surface area contributed by atoms with Crippen molar-refractivity contribution in [2.45, 2.75) is 45.6 Å². The molecule has 2 amide bonds. The van der Waals surface area contributed by atoms with Crippen LogP contribution in [-0.4, -0.2) is 65.8 Å². The van der Waals surface area contributed by atoms with Gasteiger partial charge >= 0.3 is 0 Å². The highest BCUT2D eigenvalue weighted by molar-refractivity contribution is 7.91. The van der Waals surface area contributed by atoms with Crippen molar-refractivity contribution in [2.75, 3.05) is 31.1 Å². The average Bonchev–Trinajstić information content (AvgIpc) is 3.28. The zero-order chi connectivity index (χ0) is 22.2. The molecule has 0 saturated carbocycles. The van der Waals surface area contributed by atoms with Crippen molar-refractivity contribution >= 4 is 32.7 Å². The van der Waals surface area contributed by atoms with Gasteiger partial charge in [0.05, 0.1) is 34.5 Å². The first-order chi connectivity index (χ1) is 14.8. The lowest BCUT2D eigenvalue weighted by Gasteiger charge is -2.32. The van der Waals surface area contributed by atoms with E-state index in [0.29, 0.717) is 37.1 Å². The number of sulfone groups is 1. The minimum Gasteiger partial charge on any atom is -0.356 e. The summed E-state index contributed by atoms with van der Waals surface area (Å²) in [7, 11) is -3.00. The number of nitrogens with zero attached hydrogens (tertiary/aromatic N) is 3. The number of amides is 2. The second kappa shape index (κ2) is 8.61. The average molecular weight is 447 g/mol. The summed E-state index contributed by atoms with van der Waals surface area (Å²) in [5.74, 6) is 0.859. The van der Waals surface area contributed by atoms with E-state index in [1.807, 2.05) is 24.5 Å². The Morgan fingerprint density at radius 3 is 2.77 bits per heavy atom. The smallest absolute Gasteiger partial charge is 0.253 e. The molecule has 31 heavy (non-hydrogen) atoms. The van der Waals surface area contributed by atoms with Gasteiger partial charge in [-0.1, -0.05) is 6.92 Å². The fourth-order valence-electron chi connectivity index (χ4n) is 4.74. The van der Waals surface area contributed by atoms with Crippen molar-refractivity contribution in [3.8, 4) is 0 Å². The summed E-state index contributed by atoms with van der Waals surface area (Å²) in [6.07, 6.45) is 3.08. The molecule has 4 rings (SSSR count). The molecule has 2 aliphatic rings. The Morgan fingerprint density at radius 1 is 1.26 bits per heavy atom. The highest BCUT2D eigenvalue weighted by Gasteiger charge is 2.32. The zero-order valence-corrected chi connectivity index (χ0v) is 19.0. The van der Waals surface area contributed by atoms with Gasteiger partial charge in [-0.25, -0.2) is 13.4 Å². The summed E-state index contributed by atoms with van der Waals surface area (Å²) in [4.78, 5) is 31.8. The van der Waals surface area contributed by atoms with Crippen LogP contribution < -0.4 is 5.32 Å². The Morgan fingerprint density at radius 2 is 2.06 bits per heavy atom. The number of fused-ring (bicyclic) bond motifs is 1. The van der Waals surface area contributed by atoms with Gasteiger partial charge in [-0.05, 0) is 50.8 Å². The quantitative estimate of drug-likeness (QED) is 0.758. The largest absolute Gasteiger partial charge is 0.356 e. The fourth-order valence-corrected chi connectivity index (χ4v) is 6.44. The monoisotopic (exact) mass is 446 g/mol. The molecular formula is C22H30N4O4S. The van der Waals surface area contributed by atoms with E-state index in [9.17, 15) is 18.0 Å². The van der Waals surface area contributed by atoms with Crippen molar-refractivity contribution in [3.63, 3.8) is 0 Å². The summed E-state index contributed by atoms with van der Waals surface area (Å²) < 4.78 is 25.8. The van der Waals surface area contributed by atoms with Gasteiger partial charge in [0, 0.05) is 25.2 Å². The molecule has 3 heterocycles. The van der Waals surface area contributed by atoms with Crippen LogP contribution in [0, 0.1) is 12.8 Å². The predicted octanol–water partition coefficient (Wildman–Crippen LogP) is 2.08. The molecule has 1 aromatic carbocycles. The Hall–Kier alpha value is -2.42. The number of aromatic nitrogens is 2. The third-order valence-corrected chi connectivity index (χ3v) is 8.07. The molecule has 0 radical (unpaired) electrons. The summed E-state index contributed by atoms with van der Waals surface area (Å²) >= 11 is 0. The number of hydrogen-bond acceptors (Lipinski definition) is 5. The number of hydrogen-bond donors (Lipinski definition) is 1. The second-order valence-electron chi connectivity index (χ2n) is 8.67. The van der Waals surface area contributed by atoms with Gasteiger partial charge in [0.1, 0.15) is 5.82 Å². The van der Waals surface area contributed by atoms with Crippen LogP contribution in [0.4, 0.5) is 0 Å². The van der Waals surface area contributed by atoms with Gasteiger partial charge in [0.25, 0.3) is 5.91 Å². The number of nitrogens with one attached hydrogen (secondary N) is 1. The molecule has 2 aliphatic heterocycles. The van der Waals surface area contributed by atoms with Crippen LogP contribution in [0.1, 0.15) is 54.8 Å². The molecule has 1 N–H and O–H groups in total. The van der Waals surface area contributed by atoms with Crippen molar-refractivity contribution in [3.05, 3.63) is 29.6 Å².